The Morgan fingerprint density at radius 1 is 1.53 bits per heavy atom. The number of piperidine rings is 1. The third kappa shape index (κ3) is 3.82. The van der Waals surface area contributed by atoms with Gasteiger partial charge in [-0.3, -0.25) is 4.79 Å². The van der Waals surface area contributed by atoms with Crippen LogP contribution in [-0.4, -0.2) is 29.1 Å². The Hall–Kier alpha value is -1.31. The van der Waals surface area contributed by atoms with E-state index in [1.54, 1.807) is 11.3 Å². The number of thiophene rings is 1. The van der Waals surface area contributed by atoms with Gasteiger partial charge in [0.25, 0.3) is 0 Å². The molecule has 1 aliphatic heterocycles. The molecule has 3 nitrogen and oxygen atoms in total. The number of rotatable bonds is 3. The number of nitrogens with zero attached hydrogens (tertiary/aromatic N) is 1. The van der Waals surface area contributed by atoms with Crippen LogP contribution in [0.1, 0.15) is 35.9 Å². The van der Waals surface area contributed by atoms with Crippen molar-refractivity contribution in [3.05, 3.63) is 21.9 Å². The van der Waals surface area contributed by atoms with E-state index in [1.165, 1.54) is 4.88 Å². The van der Waals surface area contributed by atoms with E-state index in [-0.39, 0.29) is 18.4 Å². The highest BCUT2D eigenvalue weighted by Gasteiger charge is 2.25. The van der Waals surface area contributed by atoms with Gasteiger partial charge in [0, 0.05) is 23.8 Å². The number of amides is 1. The fraction of sp³-hybridized carbons (Fsp3) is 0.533. The molecule has 1 aromatic heterocycles. The molecule has 0 saturated carbocycles. The standard InChI is InChI=1S/C15H19NO2S/c1-12-5-4-9-16(15(12)18)11-14-8-7-13(19-14)6-2-3-10-17/h7-8,12,17H,3-5,9-11H2,1H3. The fourth-order valence-electron chi connectivity index (χ4n) is 2.21. The molecule has 0 spiro atoms. The molecular weight excluding hydrogens is 258 g/mol. The van der Waals surface area contributed by atoms with Crippen molar-refractivity contribution in [1.82, 2.24) is 4.90 Å². The van der Waals surface area contributed by atoms with Crippen LogP contribution in [0.15, 0.2) is 12.1 Å². The molecule has 2 rings (SSSR count). The van der Waals surface area contributed by atoms with Gasteiger partial charge in [-0.25, -0.2) is 0 Å². The third-order valence-electron chi connectivity index (χ3n) is 3.26. The maximum absolute atomic E-state index is 12.0. The third-order valence-corrected chi connectivity index (χ3v) is 4.24. The average Bonchev–Trinajstić information content (AvgIpc) is 2.83. The number of aliphatic hydroxyl groups is 1. The minimum atomic E-state index is 0.103. The van der Waals surface area contributed by atoms with Crippen molar-refractivity contribution in [2.24, 2.45) is 5.92 Å². The number of hydrogen-bond donors (Lipinski definition) is 1. The summed E-state index contributed by atoms with van der Waals surface area (Å²) in [5.74, 6) is 6.38. The lowest BCUT2D eigenvalue weighted by Crippen LogP contribution is -2.39. The monoisotopic (exact) mass is 277 g/mol. The van der Waals surface area contributed by atoms with Crippen LogP contribution < -0.4 is 0 Å². The van der Waals surface area contributed by atoms with Crippen LogP contribution in [0.2, 0.25) is 0 Å². The van der Waals surface area contributed by atoms with E-state index in [9.17, 15) is 4.79 Å². The summed E-state index contributed by atoms with van der Waals surface area (Å²) in [4.78, 5) is 16.1. The molecule has 4 heteroatoms. The molecule has 1 aromatic rings. The summed E-state index contributed by atoms with van der Waals surface area (Å²) in [6, 6.07) is 4.03. The lowest BCUT2D eigenvalue weighted by atomic mass is 9.99. The molecule has 0 aromatic carbocycles. The molecule has 1 aliphatic rings. The highest BCUT2D eigenvalue weighted by Crippen LogP contribution is 2.22. The first kappa shape index (κ1) is 14.1. The highest BCUT2D eigenvalue weighted by atomic mass is 32.1. The molecule has 0 aliphatic carbocycles. The summed E-state index contributed by atoms with van der Waals surface area (Å²) >= 11 is 1.63. The van der Waals surface area contributed by atoms with Crippen molar-refractivity contribution in [2.75, 3.05) is 13.2 Å². The quantitative estimate of drug-likeness (QED) is 0.861. The van der Waals surface area contributed by atoms with Gasteiger partial charge in [0.2, 0.25) is 5.91 Å². The van der Waals surface area contributed by atoms with Crippen LogP contribution in [-0.2, 0) is 11.3 Å². The van der Waals surface area contributed by atoms with E-state index >= 15 is 0 Å². The first-order valence-corrected chi connectivity index (χ1v) is 7.49. The van der Waals surface area contributed by atoms with Crippen molar-refractivity contribution < 1.29 is 9.90 Å². The molecule has 19 heavy (non-hydrogen) atoms. The van der Waals surface area contributed by atoms with Gasteiger partial charge in [0.15, 0.2) is 0 Å². The lowest BCUT2D eigenvalue weighted by molar-refractivity contribution is -0.138. The predicted octanol–water partition coefficient (Wildman–Crippen LogP) is 2.24. The predicted molar refractivity (Wildman–Crippen MR) is 76.7 cm³/mol. The van der Waals surface area contributed by atoms with Gasteiger partial charge < -0.3 is 10.0 Å². The van der Waals surface area contributed by atoms with E-state index in [1.807, 2.05) is 24.0 Å². The maximum Gasteiger partial charge on any atom is 0.225 e. The Morgan fingerprint density at radius 3 is 3.16 bits per heavy atom. The summed E-state index contributed by atoms with van der Waals surface area (Å²) in [5, 5.41) is 8.68. The summed E-state index contributed by atoms with van der Waals surface area (Å²) in [6.07, 6.45) is 2.62. The molecule has 1 atom stereocenters. The minimum absolute atomic E-state index is 0.103. The van der Waals surface area contributed by atoms with Crippen molar-refractivity contribution in [3.8, 4) is 11.8 Å². The SMILES string of the molecule is CC1CCCN(Cc2ccc(C#CCCO)s2)C1=O. The van der Waals surface area contributed by atoms with Gasteiger partial charge >= 0.3 is 0 Å². The molecule has 1 N–H and O–H groups in total. The molecule has 1 saturated heterocycles. The Labute approximate surface area is 118 Å². The van der Waals surface area contributed by atoms with Gasteiger partial charge in [0.1, 0.15) is 0 Å². The van der Waals surface area contributed by atoms with Crippen molar-refractivity contribution in [2.45, 2.75) is 32.7 Å². The lowest BCUT2D eigenvalue weighted by Gasteiger charge is -2.30. The zero-order chi connectivity index (χ0) is 13.7. The van der Waals surface area contributed by atoms with Crippen molar-refractivity contribution in [3.63, 3.8) is 0 Å². The van der Waals surface area contributed by atoms with Crippen LogP contribution in [0.25, 0.3) is 0 Å². The number of carbonyl (C=O) groups excluding carboxylic acids is 1. The van der Waals surface area contributed by atoms with Crippen LogP contribution >= 0.6 is 11.3 Å². The maximum atomic E-state index is 12.0. The van der Waals surface area contributed by atoms with Crippen LogP contribution in [0.3, 0.4) is 0 Å². The summed E-state index contributed by atoms with van der Waals surface area (Å²) in [6.45, 7) is 3.68. The highest BCUT2D eigenvalue weighted by molar-refractivity contribution is 7.12. The van der Waals surface area contributed by atoms with E-state index in [4.69, 9.17) is 5.11 Å². The fourth-order valence-corrected chi connectivity index (χ4v) is 3.11. The first-order valence-electron chi connectivity index (χ1n) is 6.68. The molecule has 1 fully saturated rings. The number of likely N-dealkylation sites (tertiary alicyclic amines) is 1. The van der Waals surface area contributed by atoms with Gasteiger partial charge in [-0.2, -0.15) is 0 Å². The molecule has 0 radical (unpaired) electrons. The van der Waals surface area contributed by atoms with Gasteiger partial charge in [-0.1, -0.05) is 18.8 Å². The average molecular weight is 277 g/mol. The van der Waals surface area contributed by atoms with E-state index in [2.05, 4.69) is 11.8 Å². The summed E-state index contributed by atoms with van der Waals surface area (Å²) in [5.41, 5.74) is 0. The molecule has 0 bridgehead atoms. The second kappa shape index (κ2) is 6.74. The zero-order valence-corrected chi connectivity index (χ0v) is 12.0. The Morgan fingerprint density at radius 2 is 2.37 bits per heavy atom. The van der Waals surface area contributed by atoms with Gasteiger partial charge in [0.05, 0.1) is 18.0 Å². The van der Waals surface area contributed by atoms with E-state index < -0.39 is 0 Å². The van der Waals surface area contributed by atoms with Gasteiger partial charge in [-0.15, -0.1) is 11.3 Å². The molecule has 1 amide bonds. The Balaban J connectivity index is 1.96. The zero-order valence-electron chi connectivity index (χ0n) is 11.2. The number of hydrogen-bond acceptors (Lipinski definition) is 3. The first-order chi connectivity index (χ1) is 9.20. The van der Waals surface area contributed by atoms with Crippen molar-refractivity contribution in [1.29, 1.82) is 0 Å². The second-order valence-electron chi connectivity index (χ2n) is 4.84. The second-order valence-corrected chi connectivity index (χ2v) is 6.01. The van der Waals surface area contributed by atoms with E-state index in [0.717, 1.165) is 24.3 Å². The van der Waals surface area contributed by atoms with Crippen LogP contribution in [0, 0.1) is 17.8 Å². The van der Waals surface area contributed by atoms with Gasteiger partial charge in [-0.05, 0) is 25.0 Å². The topological polar surface area (TPSA) is 40.5 Å². The van der Waals surface area contributed by atoms with E-state index in [0.29, 0.717) is 13.0 Å². The number of aliphatic hydroxyl groups excluding tert-OH is 1. The molecule has 102 valence electrons. The van der Waals surface area contributed by atoms with Crippen molar-refractivity contribution >= 4 is 17.2 Å². The smallest absolute Gasteiger partial charge is 0.225 e. The molecular formula is C15H19NO2S. The summed E-state index contributed by atoms with van der Waals surface area (Å²) in [7, 11) is 0. The largest absolute Gasteiger partial charge is 0.395 e. The Bertz CT molecular complexity index is 498. The summed E-state index contributed by atoms with van der Waals surface area (Å²) < 4.78 is 0. The molecule has 1 unspecified atom stereocenters. The Kier molecular flexibility index (Phi) is 5.00. The normalized spacial score (nSPS) is 19.2. The number of carbonyl (C=O) groups is 1. The van der Waals surface area contributed by atoms with Crippen LogP contribution in [0.4, 0.5) is 0 Å². The van der Waals surface area contributed by atoms with Crippen LogP contribution in [0.5, 0.6) is 0 Å². The minimum Gasteiger partial charge on any atom is -0.395 e. The molecule has 2 heterocycles.